The van der Waals surface area contributed by atoms with Gasteiger partial charge in [-0.25, -0.2) is 9.78 Å². The number of ketones is 1. The summed E-state index contributed by atoms with van der Waals surface area (Å²) in [7, 11) is 10.9. The number of unbranched alkanes of at least 4 members (excludes halogenated alkanes) is 1. The summed E-state index contributed by atoms with van der Waals surface area (Å²) in [6.07, 6.45) is 8.41. The van der Waals surface area contributed by atoms with E-state index in [9.17, 15) is 58.8 Å². The molecule has 1 saturated carbocycles. The van der Waals surface area contributed by atoms with Crippen molar-refractivity contribution in [2.24, 2.45) is 11.8 Å². The van der Waals surface area contributed by atoms with Crippen LogP contribution in [0.2, 0.25) is 0 Å². The van der Waals surface area contributed by atoms with Gasteiger partial charge in [-0.1, -0.05) is 87.9 Å². The Morgan fingerprint density at radius 3 is 1.72 bits per heavy atom. The number of rotatable bonds is 54. The average molecular weight is 1990 g/mol. The first kappa shape index (κ1) is 119. The van der Waals surface area contributed by atoms with Crippen molar-refractivity contribution in [2.75, 3.05) is 145 Å². The van der Waals surface area contributed by atoms with E-state index >= 15 is 0 Å². The minimum atomic E-state index is -2.13. The number of nitrogens with one attached hydrogen (secondary N) is 3. The fourth-order valence-electron chi connectivity index (χ4n) is 18.8. The summed E-state index contributed by atoms with van der Waals surface area (Å²) in [6, 6.07) is 17.1. The number of pyridine rings is 1. The molecule has 2 saturated heterocycles. The second kappa shape index (κ2) is 61.1. The zero-order valence-corrected chi connectivity index (χ0v) is 83.9. The number of aryl methyl sites for hydroxylation is 1. The third-order valence-corrected chi connectivity index (χ3v) is 28.3. The van der Waals surface area contributed by atoms with Gasteiger partial charge in [-0.05, 0) is 180 Å². The number of amides is 2. The van der Waals surface area contributed by atoms with Crippen molar-refractivity contribution in [1.82, 2.24) is 30.4 Å². The molecule has 40 heteroatoms. The Morgan fingerprint density at radius 2 is 1.20 bits per heavy atom. The number of carboxylic acids is 1. The third-order valence-electron chi connectivity index (χ3n) is 26.0. The number of fused-ring (bicyclic) bond motifs is 6. The van der Waals surface area contributed by atoms with Crippen LogP contribution in [-0.4, -0.2) is 344 Å². The molecule has 7 heterocycles. The molecule has 4 aromatic rings. The van der Waals surface area contributed by atoms with E-state index in [4.69, 9.17) is 92.0 Å². The highest BCUT2D eigenvalue weighted by Gasteiger charge is 2.74. The highest BCUT2D eigenvalue weighted by atomic mass is 33.1. The van der Waals surface area contributed by atoms with Crippen molar-refractivity contribution >= 4 is 91.8 Å². The molecular weight excluding hydrogens is 1840 g/mol. The van der Waals surface area contributed by atoms with Gasteiger partial charge in [-0.15, -0.1) is 0 Å². The molecule has 1 spiro atoms. The molecule has 2 amide bonds. The fourth-order valence-corrected chi connectivity index (χ4v) is 20.6. The smallest absolute Gasteiger partial charge is 0.373 e. The maximum atomic E-state index is 14.9. The number of carbonyl (C=O) groups excluding carboxylic acids is 9. The van der Waals surface area contributed by atoms with Crippen LogP contribution in [0, 0.1) is 18.8 Å². The number of aromatic nitrogens is 2. The lowest BCUT2D eigenvalue weighted by molar-refractivity contribution is -0.194. The second-order valence-corrected chi connectivity index (χ2v) is 37.9. The van der Waals surface area contributed by atoms with Gasteiger partial charge in [0.05, 0.1) is 81.8 Å². The predicted molar refractivity (Wildman–Crippen MR) is 511 cm³/mol. The van der Waals surface area contributed by atoms with Crippen LogP contribution >= 0.6 is 21.6 Å². The van der Waals surface area contributed by atoms with Gasteiger partial charge >= 0.3 is 36.0 Å². The first-order valence-corrected chi connectivity index (χ1v) is 50.1. The van der Waals surface area contributed by atoms with Gasteiger partial charge < -0.3 is 123 Å². The molecule has 2 aromatic carbocycles. The lowest BCUT2D eigenvalue weighted by atomic mass is 9.53. The van der Waals surface area contributed by atoms with E-state index in [0.717, 1.165) is 78.6 Å². The number of carboxylic acid groups (broad SMARTS) is 1. The van der Waals surface area contributed by atoms with Crippen molar-refractivity contribution < 1.29 is 151 Å². The largest absolute Gasteiger partial charge is 0.481 e. The first-order chi connectivity index (χ1) is 66.1. The van der Waals surface area contributed by atoms with Crippen LogP contribution in [-0.2, 0) is 122 Å². The average Bonchev–Trinajstić information content (AvgIpc) is 1.48. The molecule has 3 fully saturated rings. The third kappa shape index (κ3) is 34.4. The molecule has 6 aliphatic rings. The Bertz CT molecular complexity index is 4410. The number of benzene rings is 2. The van der Waals surface area contributed by atoms with Crippen LogP contribution in [0.25, 0.3) is 10.9 Å². The summed E-state index contributed by atoms with van der Waals surface area (Å²) in [5.74, 6) is -3.51. The molecule has 0 radical (unpaired) electrons. The Kier molecular flexibility index (Phi) is 52.5. The number of Topliss-reactive ketones (excluding diaryl/α,β-unsaturated/α-hetero) is 1. The van der Waals surface area contributed by atoms with Gasteiger partial charge in [0, 0.05) is 170 Å². The molecule has 776 valence electrons. The number of H-pyrrole nitrogens is 1. The van der Waals surface area contributed by atoms with Gasteiger partial charge in [0.25, 0.3) is 0 Å². The maximum absolute atomic E-state index is 14.9. The highest BCUT2D eigenvalue weighted by Crippen LogP contribution is 2.64. The van der Waals surface area contributed by atoms with Crippen molar-refractivity contribution in [1.29, 1.82) is 0 Å². The van der Waals surface area contributed by atoms with Gasteiger partial charge in [-0.3, -0.25) is 43.4 Å². The predicted octanol–water partition coefficient (Wildman–Crippen LogP) is 6.99. The van der Waals surface area contributed by atoms with E-state index in [2.05, 4.69) is 98.5 Å². The van der Waals surface area contributed by atoms with E-state index < -0.39 is 119 Å². The van der Waals surface area contributed by atoms with E-state index in [0.29, 0.717) is 70.9 Å². The van der Waals surface area contributed by atoms with Crippen molar-refractivity contribution in [3.05, 3.63) is 101 Å². The summed E-state index contributed by atoms with van der Waals surface area (Å²) in [5, 5.41) is 98.6. The summed E-state index contributed by atoms with van der Waals surface area (Å²) < 4.78 is 62.2. The Balaban J connectivity index is 0.000000381. The molecule has 2 aromatic heterocycles. The number of nitrogens with zero attached hydrogens (tertiary/aromatic N) is 4. The zero-order chi connectivity index (χ0) is 102. The van der Waals surface area contributed by atoms with Crippen LogP contribution in [0.4, 0.5) is 5.69 Å². The van der Waals surface area contributed by atoms with Gasteiger partial charge in [0.15, 0.2) is 36.5 Å². The molecule has 5 aliphatic heterocycles. The SMILES string of the molecule is CCC(CO)OC(CO)OC.CCC(CO)OC(COC(=O)CCCC(=O)NC(C)C(=O)OCCCCC(=O)[C@]1(O)C2N(C)c3cc(C)c([C@@]4(C)CC5CN(CCc6c4[nH]c4ccccc64)CC(O)(CC)C5)cc3C23CCN2CC=CC(C23)[C@H]1O)OC.CCC(CO)OC(COC(=O)CCCC(=O)NCCSSc1ccccn1)OC.CCC(CO)OC(COC(=O)CCCC(=O)O)OC.O=C=O. The standard InChI is InChI=1S/C59H83N5O12.C19H30N2O6S2.C12H22O7.C7H16O4.CO2/c1-8-39(33-65)76-50(73-7)34-75-49(68)21-14-20-48(67)60-37(4)54(70)74-27-13-12-19-47(66)59(72)53(69)42-17-15-24-64-26-23-58(52(42)64)44-29-43(36(3)28-46(44)62(6)55(58)59)56(5)30-38-31-57(71,9-2)35-63(32-38)25-22-41-40-16-10-11-18-45(40)61-51(41)56;1-3-15(13-22)27-19(25-2)14-26-18(24)9-6-7-16(23)20-11-12-28-29-17-8-4-5-10-21-17;1-3-9(7-13)19-12(17-2)8-18-11(16)6-4-5-10(14)15;1-3-6(4-8)11-7(5-9)10-2;2-1-3/h10-11,15-18,28-29,37-39,42,50,52-53,55,61,65,69,71-72H,8-9,12-14,19-27,30-35H2,1-7H3,(H,60,67);4-5,8,10,15,19,22H,3,6-7,9,11-14H2,1-2H3,(H,20,23);9,12-13H,3-8H2,1-2H3,(H,14,15);6-9H,3-5H2,1-2H3;/t37?,38?,39?,42?,50?,52?,53-,55?,56-,57?,58?,59-;;;;/m1..../s1. The van der Waals surface area contributed by atoms with Crippen LogP contribution < -0.4 is 15.5 Å². The Labute approximate surface area is 817 Å². The number of hydrogen-bond acceptors (Lipinski definition) is 36. The lowest BCUT2D eigenvalue weighted by Gasteiger charge is -2.58. The minimum absolute atomic E-state index is 0.0146. The molecule has 12 N–H and O–H groups in total. The lowest BCUT2D eigenvalue weighted by Crippen LogP contribution is -2.77. The fraction of sp³-hybridized carbons (Fsp3) is 0.694. The van der Waals surface area contributed by atoms with Crippen LogP contribution in [0.15, 0.2) is 78.0 Å². The second-order valence-electron chi connectivity index (χ2n) is 35.5. The van der Waals surface area contributed by atoms with E-state index in [1.54, 1.807) is 27.8 Å². The highest BCUT2D eigenvalue weighted by molar-refractivity contribution is 8.76. The monoisotopic (exact) mass is 1990 g/mol. The van der Waals surface area contributed by atoms with E-state index in [-0.39, 0.29) is 160 Å². The topological polar surface area (TPSA) is 526 Å². The molecule has 10 rings (SSSR count). The van der Waals surface area contributed by atoms with Gasteiger partial charge in [-0.2, -0.15) is 9.59 Å². The molecule has 2 bridgehead atoms. The molecule has 1 aliphatic carbocycles. The number of anilines is 1. The number of para-hydroxylation sites is 1. The molecular formula is C98H151N7O31S2. The molecule has 16 unspecified atom stereocenters. The van der Waals surface area contributed by atoms with Crippen molar-refractivity contribution in [2.45, 2.75) is 291 Å². The minimum Gasteiger partial charge on any atom is -0.481 e. The van der Waals surface area contributed by atoms with Crippen molar-refractivity contribution in [3.8, 4) is 0 Å². The number of likely N-dealkylation sites (N-methyl/N-ethyl adjacent to an activating group) is 1. The number of ether oxygens (including phenoxy) is 12. The molecule has 19 atom stereocenters. The summed E-state index contributed by atoms with van der Waals surface area (Å²) >= 11 is 0. The quantitative estimate of drug-likeness (QED) is 0.00529. The number of piperidine rings is 1. The van der Waals surface area contributed by atoms with E-state index in [1.165, 1.54) is 57.6 Å². The van der Waals surface area contributed by atoms with Gasteiger partial charge in [0.1, 0.15) is 30.9 Å². The number of esters is 4. The summed E-state index contributed by atoms with van der Waals surface area (Å²) in [5.41, 5.74) is 3.95. The number of carbonyl (C=O) groups is 8. The van der Waals surface area contributed by atoms with E-state index in [1.807, 2.05) is 59.0 Å². The molecule has 138 heavy (non-hydrogen) atoms. The Morgan fingerprint density at radius 1 is 0.652 bits per heavy atom. The van der Waals surface area contributed by atoms with Crippen LogP contribution in [0.3, 0.4) is 0 Å². The number of aliphatic carboxylic acids is 1. The zero-order valence-electron chi connectivity index (χ0n) is 82.3. The Hall–Kier alpha value is -8.01. The van der Waals surface area contributed by atoms with Crippen molar-refractivity contribution in [3.63, 3.8) is 0 Å². The normalized spacial score (nSPS) is 23.4. The number of aromatic amines is 1. The number of aliphatic hydroxyl groups excluding tert-OH is 6. The first-order valence-electron chi connectivity index (χ1n) is 47.8. The molecule has 38 nitrogen and oxygen atoms in total. The number of hydrogen-bond donors (Lipinski definition) is 12. The summed E-state index contributed by atoms with van der Waals surface area (Å²) in [4.78, 5) is 129. The maximum Gasteiger partial charge on any atom is 0.373 e. The number of methoxy groups -OCH3 is 4. The van der Waals surface area contributed by atoms with Gasteiger partial charge in [0.2, 0.25) is 11.8 Å². The van der Waals surface area contributed by atoms with Crippen LogP contribution in [0.1, 0.15) is 205 Å². The number of aliphatic hydroxyl groups is 8. The van der Waals surface area contributed by atoms with Crippen LogP contribution in [0.5, 0.6) is 0 Å². The summed E-state index contributed by atoms with van der Waals surface area (Å²) in [6.45, 7) is 19.1.